The highest BCUT2D eigenvalue weighted by Crippen LogP contribution is 2.36. The van der Waals surface area contributed by atoms with Crippen LogP contribution in [0.25, 0.3) is 0 Å². The Morgan fingerprint density at radius 3 is 2.52 bits per heavy atom. The second kappa shape index (κ2) is 13.9. The topological polar surface area (TPSA) is 185 Å². The van der Waals surface area contributed by atoms with Crippen LogP contribution >= 0.6 is 27.5 Å². The summed E-state index contributed by atoms with van der Waals surface area (Å²) in [6.07, 6.45) is 3.94. The number of benzene rings is 1. The molecule has 4 atom stereocenters. The maximum atomic E-state index is 13.9. The number of amides is 3. The highest BCUT2D eigenvalue weighted by Gasteiger charge is 2.42. The van der Waals surface area contributed by atoms with E-state index in [-0.39, 0.29) is 58.8 Å². The molecule has 3 amide bonds. The van der Waals surface area contributed by atoms with Gasteiger partial charge in [-0.3, -0.25) is 29.5 Å². The minimum atomic E-state index is -1.02. The number of halogens is 2. The van der Waals surface area contributed by atoms with Crippen LogP contribution < -0.4 is 16.0 Å². The number of likely N-dealkylation sites (tertiary alicyclic amines) is 1. The molecule has 2 fully saturated rings. The Kier molecular flexibility index (Phi) is 9.98. The predicted molar refractivity (Wildman–Crippen MR) is 173 cm³/mol. The van der Waals surface area contributed by atoms with E-state index in [4.69, 9.17) is 16.3 Å². The summed E-state index contributed by atoms with van der Waals surface area (Å²) >= 11 is 9.21. The van der Waals surface area contributed by atoms with Crippen molar-refractivity contribution in [3.63, 3.8) is 0 Å². The molecule has 46 heavy (non-hydrogen) atoms. The lowest BCUT2D eigenvalue weighted by atomic mass is 10.1. The van der Waals surface area contributed by atoms with Gasteiger partial charge in [0.1, 0.15) is 17.5 Å². The molecular formula is C29H31BrClN9O6. The molecule has 5 rings (SSSR count). The molecule has 2 saturated heterocycles. The van der Waals surface area contributed by atoms with Gasteiger partial charge in [0.25, 0.3) is 17.5 Å². The Balaban J connectivity index is 1.49. The van der Waals surface area contributed by atoms with Gasteiger partial charge in [0, 0.05) is 61.9 Å². The number of hydrogen-bond acceptors (Lipinski definition) is 11. The number of hydrogen-bond donors (Lipinski definition) is 3. The van der Waals surface area contributed by atoms with E-state index >= 15 is 0 Å². The van der Waals surface area contributed by atoms with Crippen LogP contribution in [-0.4, -0.2) is 98.4 Å². The van der Waals surface area contributed by atoms with Crippen LogP contribution in [0.1, 0.15) is 41.0 Å². The van der Waals surface area contributed by atoms with Gasteiger partial charge in [-0.2, -0.15) is 0 Å². The van der Waals surface area contributed by atoms with E-state index in [1.54, 1.807) is 24.2 Å². The third kappa shape index (κ3) is 7.35. The first-order valence-electron chi connectivity index (χ1n) is 14.4. The number of anilines is 3. The van der Waals surface area contributed by atoms with E-state index in [2.05, 4.69) is 46.8 Å². The number of nitro benzene ring substituents is 1. The minimum absolute atomic E-state index is 0.00937. The summed E-state index contributed by atoms with van der Waals surface area (Å²) in [7, 11) is 1.69. The van der Waals surface area contributed by atoms with E-state index in [0.717, 1.165) is 0 Å². The highest BCUT2D eigenvalue weighted by molar-refractivity contribution is 9.10. The fraction of sp³-hybridized carbons (Fsp3) is 0.379. The number of pyridine rings is 1. The van der Waals surface area contributed by atoms with Crippen LogP contribution in [0.15, 0.2) is 47.3 Å². The highest BCUT2D eigenvalue weighted by atomic mass is 79.9. The normalized spacial score (nSPS) is 21.1. The van der Waals surface area contributed by atoms with Crippen molar-refractivity contribution in [2.45, 2.75) is 44.6 Å². The molecule has 3 aromatic rings. The Hall–Kier alpha value is -4.41. The van der Waals surface area contributed by atoms with E-state index in [1.165, 1.54) is 35.5 Å². The van der Waals surface area contributed by atoms with Crippen molar-refractivity contribution in [3.8, 4) is 0 Å². The van der Waals surface area contributed by atoms with Gasteiger partial charge in [-0.15, -0.1) is 0 Å². The summed E-state index contributed by atoms with van der Waals surface area (Å²) in [5.74, 6) is -1.31. The number of nitrogens with zero attached hydrogens (tertiary/aromatic N) is 6. The molecule has 3 N–H and O–H groups in total. The van der Waals surface area contributed by atoms with Crippen LogP contribution in [0.4, 0.5) is 22.9 Å². The van der Waals surface area contributed by atoms with E-state index < -0.39 is 34.7 Å². The molecule has 0 aliphatic carbocycles. The Morgan fingerprint density at radius 1 is 1.11 bits per heavy atom. The van der Waals surface area contributed by atoms with Crippen LogP contribution in [-0.2, 0) is 9.53 Å². The van der Waals surface area contributed by atoms with E-state index in [0.29, 0.717) is 23.2 Å². The molecule has 0 spiro atoms. The first-order chi connectivity index (χ1) is 21.9. The molecule has 17 heteroatoms. The number of nitro groups is 1. The van der Waals surface area contributed by atoms with Crippen LogP contribution in [0.5, 0.6) is 0 Å². The molecule has 2 aliphatic heterocycles. The first kappa shape index (κ1) is 33.0. The van der Waals surface area contributed by atoms with E-state index in [1.807, 2.05) is 13.8 Å². The molecule has 242 valence electrons. The zero-order chi connectivity index (χ0) is 33.1. The lowest BCUT2D eigenvalue weighted by Crippen LogP contribution is -2.48. The molecule has 4 heterocycles. The standard InChI is InChI=1S/C29H31BrClN9O6/c1-15-12-38(13-16(2)46-15)28(43)21-7-18(30)8-22(40(44)45)25(21)35-20-9-23(26(41)36-24-4-5-34-29(31)37-24)39(14-20)27(42)17-6-19(32-3)11-33-10-17/h4-8,10-11,15-16,20,23,32,35H,9,12-14H2,1-3H3,(H,34,36,37,41)/t15-,16+,20-,23?/m1/s1. The van der Waals surface area contributed by atoms with Gasteiger partial charge >= 0.3 is 0 Å². The van der Waals surface area contributed by atoms with Gasteiger partial charge in [0.05, 0.1) is 33.9 Å². The van der Waals surface area contributed by atoms with Crippen molar-refractivity contribution >= 4 is 68.1 Å². The second-order valence-electron chi connectivity index (χ2n) is 11.0. The van der Waals surface area contributed by atoms with Crippen molar-refractivity contribution in [1.82, 2.24) is 24.8 Å². The average Bonchev–Trinajstić information content (AvgIpc) is 3.44. The summed E-state index contributed by atoms with van der Waals surface area (Å²) in [5, 5.41) is 21.0. The zero-order valence-corrected chi connectivity index (χ0v) is 27.4. The number of aromatic nitrogens is 3. The van der Waals surface area contributed by atoms with Crippen molar-refractivity contribution < 1.29 is 24.0 Å². The van der Waals surface area contributed by atoms with Gasteiger partial charge in [-0.1, -0.05) is 15.9 Å². The Bertz CT molecular complexity index is 1670. The van der Waals surface area contributed by atoms with Gasteiger partial charge in [0.2, 0.25) is 11.2 Å². The lowest BCUT2D eigenvalue weighted by molar-refractivity contribution is -0.384. The smallest absolute Gasteiger partial charge is 0.294 e. The summed E-state index contributed by atoms with van der Waals surface area (Å²) in [5.41, 5.74) is 0.562. The number of rotatable bonds is 8. The zero-order valence-electron chi connectivity index (χ0n) is 25.1. The van der Waals surface area contributed by atoms with Gasteiger partial charge in [-0.05, 0) is 50.1 Å². The number of nitrogens with one attached hydrogen (secondary N) is 3. The van der Waals surface area contributed by atoms with Crippen molar-refractivity contribution in [2.75, 3.05) is 42.6 Å². The maximum absolute atomic E-state index is 13.9. The predicted octanol–water partition coefficient (Wildman–Crippen LogP) is 3.82. The third-order valence-corrected chi connectivity index (χ3v) is 8.22. The molecular weight excluding hydrogens is 686 g/mol. The Morgan fingerprint density at radius 2 is 1.85 bits per heavy atom. The summed E-state index contributed by atoms with van der Waals surface area (Å²) in [6, 6.07) is 4.21. The van der Waals surface area contributed by atoms with Crippen molar-refractivity contribution in [1.29, 1.82) is 0 Å². The van der Waals surface area contributed by atoms with Crippen molar-refractivity contribution in [3.05, 3.63) is 73.9 Å². The van der Waals surface area contributed by atoms with Gasteiger partial charge in [-0.25, -0.2) is 9.97 Å². The largest absolute Gasteiger partial charge is 0.387 e. The molecule has 15 nitrogen and oxygen atoms in total. The minimum Gasteiger partial charge on any atom is -0.387 e. The van der Waals surface area contributed by atoms with E-state index in [9.17, 15) is 24.5 Å². The fourth-order valence-electron chi connectivity index (χ4n) is 5.66. The fourth-order valence-corrected chi connectivity index (χ4v) is 6.26. The first-order valence-corrected chi connectivity index (χ1v) is 15.5. The number of carbonyl (C=O) groups excluding carboxylic acids is 3. The molecule has 2 aromatic heterocycles. The molecule has 1 aromatic carbocycles. The lowest BCUT2D eigenvalue weighted by Gasteiger charge is -2.35. The van der Waals surface area contributed by atoms with Crippen LogP contribution in [0.2, 0.25) is 5.28 Å². The van der Waals surface area contributed by atoms with Gasteiger partial charge < -0.3 is 30.5 Å². The van der Waals surface area contributed by atoms with Gasteiger partial charge in [0.15, 0.2) is 0 Å². The number of morpholine rings is 1. The SMILES string of the molecule is CNc1cncc(C(=O)N2C[C@H](Nc3c(C(=O)N4C[C@@H](C)O[C@@H](C)C4)cc(Br)cc3[N+](=O)[O-])CC2C(=O)Nc2ccnc(Cl)n2)c1. The molecule has 0 bridgehead atoms. The Labute approximate surface area is 277 Å². The third-order valence-electron chi connectivity index (χ3n) is 7.58. The van der Waals surface area contributed by atoms with Crippen molar-refractivity contribution in [2.24, 2.45) is 0 Å². The monoisotopic (exact) mass is 715 g/mol. The molecule has 0 saturated carbocycles. The molecule has 0 radical (unpaired) electrons. The summed E-state index contributed by atoms with van der Waals surface area (Å²) in [6.45, 7) is 4.31. The molecule has 2 aliphatic rings. The van der Waals surface area contributed by atoms with Crippen LogP contribution in [0.3, 0.4) is 0 Å². The number of ether oxygens (including phenoxy) is 1. The number of carbonyl (C=O) groups is 3. The summed E-state index contributed by atoms with van der Waals surface area (Å²) < 4.78 is 6.12. The molecule has 1 unspecified atom stereocenters. The second-order valence-corrected chi connectivity index (χ2v) is 12.3. The van der Waals surface area contributed by atoms with Crippen LogP contribution in [0, 0.1) is 10.1 Å². The quantitative estimate of drug-likeness (QED) is 0.175. The summed E-state index contributed by atoms with van der Waals surface area (Å²) in [4.78, 5) is 67.9. The average molecular weight is 717 g/mol. The maximum Gasteiger partial charge on any atom is 0.294 e.